The minimum absolute atomic E-state index is 0. The first-order chi connectivity index (χ1) is 3.65. The van der Waals surface area contributed by atoms with Crippen LogP contribution in [0.4, 0.5) is 4.79 Å². The van der Waals surface area contributed by atoms with Gasteiger partial charge in [-0.3, -0.25) is 0 Å². The van der Waals surface area contributed by atoms with Gasteiger partial charge < -0.3 is 39.6 Å². The molecule has 0 aliphatic carbocycles. The molecule has 0 aromatic rings. The zero-order valence-corrected chi connectivity index (χ0v) is 10.6. The number of nitrogens with two attached hydrogens (primary N) is 1. The average molecular weight is 211 g/mol. The predicted octanol–water partition coefficient (Wildman–Crippen LogP) is -4.05. The summed E-state index contributed by atoms with van der Waals surface area (Å²) in [7, 11) is 0. The molecule has 8 N–H and O–H groups in total. The molecule has 0 saturated carbocycles. The van der Waals surface area contributed by atoms with Gasteiger partial charge in [-0.15, -0.1) is 0 Å². The standard InChI is InChI=1S/C4H10.CH3NOS.Na.3H2O/c1-3-4-2;2-1(3)4;;;;/h3-4H2,1-2H3;(H3,2,3,4);;3*1H2/q;;+1;;;/p-1. The van der Waals surface area contributed by atoms with Gasteiger partial charge in [0.05, 0.1) is 5.24 Å². The largest absolute Gasteiger partial charge is 1.00 e. The molecule has 0 heterocycles. The van der Waals surface area contributed by atoms with Crippen LogP contribution in [0, 0.1) is 0 Å². The molecule has 1 amide bonds. The molecule has 0 aromatic heterocycles. The first kappa shape index (κ1) is 39.0. The molecule has 7 heteroatoms. The first-order valence-electron chi connectivity index (χ1n) is 2.61. The van der Waals surface area contributed by atoms with Gasteiger partial charge in [0.15, 0.2) is 0 Å². The number of carbonyl (C=O) groups excluding carboxylic acids is 1. The second-order valence-corrected chi connectivity index (χ2v) is 1.72. The maximum atomic E-state index is 9.04. The van der Waals surface area contributed by atoms with Gasteiger partial charge in [0.2, 0.25) is 0 Å². The van der Waals surface area contributed by atoms with Crippen molar-refractivity contribution < 1.29 is 50.8 Å². The van der Waals surface area contributed by atoms with Crippen LogP contribution in [0.3, 0.4) is 0 Å². The third kappa shape index (κ3) is 393. The van der Waals surface area contributed by atoms with Crippen LogP contribution >= 0.6 is 0 Å². The van der Waals surface area contributed by atoms with Gasteiger partial charge in [-0.25, -0.2) is 0 Å². The molecule has 0 aliphatic heterocycles. The van der Waals surface area contributed by atoms with Crippen molar-refractivity contribution in [1.29, 1.82) is 0 Å². The van der Waals surface area contributed by atoms with Gasteiger partial charge in [0.1, 0.15) is 0 Å². The molecule has 0 unspecified atom stereocenters. The molecule has 0 rings (SSSR count). The first-order valence-corrected chi connectivity index (χ1v) is 3.02. The second kappa shape index (κ2) is 41.7. The van der Waals surface area contributed by atoms with Crippen molar-refractivity contribution in [3.8, 4) is 0 Å². The summed E-state index contributed by atoms with van der Waals surface area (Å²) in [5.74, 6) is 0. The fraction of sp³-hybridized carbons (Fsp3) is 0.800. The Bertz CT molecular complexity index is 61.4. The fourth-order valence-corrected chi connectivity index (χ4v) is 0. The van der Waals surface area contributed by atoms with Gasteiger partial charge in [-0.05, 0) is 0 Å². The number of unbranched alkanes of at least 4 members (excludes halogenated alkanes) is 1. The SMILES string of the molecule is CCCC.NC(=O)[S-].O.O.O.[Na+]. The van der Waals surface area contributed by atoms with Crippen molar-refractivity contribution in [1.82, 2.24) is 0 Å². The van der Waals surface area contributed by atoms with Crippen molar-refractivity contribution in [3.05, 3.63) is 0 Å². The monoisotopic (exact) mass is 211 g/mol. The van der Waals surface area contributed by atoms with E-state index in [1.165, 1.54) is 12.8 Å². The molecule has 0 radical (unpaired) electrons. The Morgan fingerprint density at radius 2 is 1.25 bits per heavy atom. The maximum Gasteiger partial charge on any atom is 1.00 e. The Morgan fingerprint density at radius 3 is 1.25 bits per heavy atom. The van der Waals surface area contributed by atoms with E-state index in [-0.39, 0.29) is 46.0 Å². The minimum Gasteiger partial charge on any atom is -0.719 e. The van der Waals surface area contributed by atoms with Crippen molar-refractivity contribution in [2.24, 2.45) is 5.73 Å². The summed E-state index contributed by atoms with van der Waals surface area (Å²) < 4.78 is 0. The van der Waals surface area contributed by atoms with Crippen molar-refractivity contribution in [2.45, 2.75) is 26.7 Å². The molecule has 12 heavy (non-hydrogen) atoms. The van der Waals surface area contributed by atoms with E-state index in [1.54, 1.807) is 0 Å². The summed E-state index contributed by atoms with van der Waals surface area (Å²) in [4.78, 5) is 9.04. The van der Waals surface area contributed by atoms with Gasteiger partial charge in [0.25, 0.3) is 0 Å². The van der Waals surface area contributed by atoms with Gasteiger partial charge >= 0.3 is 29.6 Å². The quantitative estimate of drug-likeness (QED) is 0.348. The Hall–Kier alpha value is 0.570. The summed E-state index contributed by atoms with van der Waals surface area (Å²) in [5.41, 5.74) is 4.29. The average Bonchev–Trinajstić information content (AvgIpc) is 1.65. The normalized spacial score (nSPS) is 4.50. The molecule has 0 aromatic carbocycles. The number of carbonyl (C=O) groups is 1. The van der Waals surface area contributed by atoms with E-state index in [0.717, 1.165) is 0 Å². The molecule has 5 nitrogen and oxygen atoms in total. The maximum absolute atomic E-state index is 9.04. The zero-order valence-electron chi connectivity index (χ0n) is 7.81. The number of rotatable bonds is 1. The van der Waals surface area contributed by atoms with E-state index in [9.17, 15) is 0 Å². The molecule has 74 valence electrons. The third-order valence-corrected chi connectivity index (χ3v) is 0.500. The van der Waals surface area contributed by atoms with E-state index < -0.39 is 5.24 Å². The fourth-order valence-electron chi connectivity index (χ4n) is 0. The number of hydrogen-bond donors (Lipinski definition) is 1. The van der Waals surface area contributed by atoms with Crippen LogP contribution in [-0.2, 0) is 12.6 Å². The van der Waals surface area contributed by atoms with Crippen molar-refractivity contribution in [2.75, 3.05) is 0 Å². The number of primary amides is 1. The second-order valence-electron chi connectivity index (χ2n) is 1.32. The molecule has 0 aliphatic rings. The van der Waals surface area contributed by atoms with E-state index >= 15 is 0 Å². The van der Waals surface area contributed by atoms with Crippen LogP contribution in [0.5, 0.6) is 0 Å². The van der Waals surface area contributed by atoms with Crippen LogP contribution in [-0.4, -0.2) is 21.7 Å². The van der Waals surface area contributed by atoms with Gasteiger partial charge in [-0.1, -0.05) is 26.7 Å². The molecular formula is C5H18NNaO4S. The summed E-state index contributed by atoms with van der Waals surface area (Å²) >= 11 is 3.76. The predicted molar refractivity (Wildman–Crippen MR) is 48.4 cm³/mol. The number of hydrogen-bond acceptors (Lipinski definition) is 2. The van der Waals surface area contributed by atoms with Crippen LogP contribution in [0.15, 0.2) is 0 Å². The summed E-state index contributed by atoms with van der Waals surface area (Å²) in [5, 5.41) is -0.750. The smallest absolute Gasteiger partial charge is 0.719 e. The van der Waals surface area contributed by atoms with E-state index in [0.29, 0.717) is 0 Å². The van der Waals surface area contributed by atoms with Crippen LogP contribution in [0.2, 0.25) is 0 Å². The zero-order chi connectivity index (χ0) is 6.99. The summed E-state index contributed by atoms with van der Waals surface area (Å²) in [6.45, 7) is 4.36. The van der Waals surface area contributed by atoms with Crippen molar-refractivity contribution in [3.63, 3.8) is 0 Å². The van der Waals surface area contributed by atoms with E-state index in [2.05, 4.69) is 32.2 Å². The Morgan fingerprint density at radius 1 is 1.17 bits per heavy atom. The Kier molecular flexibility index (Phi) is 135. The molecule has 0 fully saturated rings. The molecule has 0 atom stereocenters. The molecule has 0 spiro atoms. The van der Waals surface area contributed by atoms with E-state index in [1.807, 2.05) is 0 Å². The minimum atomic E-state index is -0.750. The Labute approximate surface area is 101 Å². The van der Waals surface area contributed by atoms with Gasteiger partial charge in [-0.2, -0.15) is 0 Å². The summed E-state index contributed by atoms with van der Waals surface area (Å²) in [6.07, 6.45) is 2.64. The van der Waals surface area contributed by atoms with Crippen LogP contribution in [0.25, 0.3) is 0 Å². The topological polar surface area (TPSA) is 138 Å². The summed E-state index contributed by atoms with van der Waals surface area (Å²) in [6, 6.07) is 0. The van der Waals surface area contributed by atoms with Gasteiger partial charge in [0, 0.05) is 0 Å². The third-order valence-electron chi connectivity index (χ3n) is 0.500. The Balaban J connectivity index is -0.0000000112. The molecular weight excluding hydrogens is 193 g/mol. The van der Waals surface area contributed by atoms with Crippen molar-refractivity contribution >= 4 is 17.9 Å². The van der Waals surface area contributed by atoms with E-state index in [4.69, 9.17) is 4.79 Å². The van der Waals surface area contributed by atoms with Crippen LogP contribution < -0.4 is 35.3 Å². The van der Waals surface area contributed by atoms with Crippen LogP contribution in [0.1, 0.15) is 26.7 Å². The molecule has 0 saturated heterocycles. The molecule has 0 bridgehead atoms. The number of amides is 1.